The molecule has 0 aromatic carbocycles. The summed E-state index contributed by atoms with van der Waals surface area (Å²) >= 11 is 0. The van der Waals surface area contributed by atoms with Crippen LogP contribution in [0.25, 0.3) is 0 Å². The Labute approximate surface area is 73.1 Å². The molecule has 1 heterocycles. The molecule has 6 heteroatoms. The van der Waals surface area contributed by atoms with E-state index in [0.717, 1.165) is 12.4 Å². The normalized spacial score (nSPS) is 14.5. The maximum absolute atomic E-state index is 10.6. The van der Waals surface area contributed by atoms with Gasteiger partial charge in [0.2, 0.25) is 0 Å². The number of nitrogens with one attached hydrogen (secondary N) is 1. The van der Waals surface area contributed by atoms with Gasteiger partial charge in [0.15, 0.2) is 6.10 Å². The molecule has 1 aromatic heterocycles. The molecule has 0 aliphatic carbocycles. The number of nitriles is 1. The molecular formula is C7H7N3O3. The van der Waals surface area contributed by atoms with Crippen LogP contribution in [0, 0.1) is 11.3 Å². The van der Waals surface area contributed by atoms with Crippen molar-refractivity contribution in [2.45, 2.75) is 12.2 Å². The maximum atomic E-state index is 10.6. The molecule has 0 amide bonds. The van der Waals surface area contributed by atoms with Gasteiger partial charge in [-0.1, -0.05) is 0 Å². The van der Waals surface area contributed by atoms with E-state index in [0.29, 0.717) is 0 Å². The average Bonchev–Trinajstić information content (AvgIpc) is 2.17. The number of rotatable bonds is 2. The Balaban J connectivity index is 2.91. The number of aromatic amines is 1. The summed E-state index contributed by atoms with van der Waals surface area (Å²) in [5.41, 5.74) is -0.365. The molecule has 0 radical (unpaired) electrons. The van der Waals surface area contributed by atoms with E-state index in [-0.39, 0.29) is 5.69 Å². The Morgan fingerprint density at radius 3 is 2.77 bits per heavy atom. The first-order valence-electron chi connectivity index (χ1n) is 3.45. The molecular weight excluding hydrogens is 174 g/mol. The third kappa shape index (κ3) is 2.11. The van der Waals surface area contributed by atoms with Crippen molar-refractivity contribution < 1.29 is 10.2 Å². The van der Waals surface area contributed by atoms with Crippen LogP contribution < -0.4 is 5.56 Å². The van der Waals surface area contributed by atoms with E-state index in [1.54, 1.807) is 0 Å². The molecule has 2 atom stereocenters. The number of aliphatic hydroxyl groups excluding tert-OH is 2. The summed E-state index contributed by atoms with van der Waals surface area (Å²) in [4.78, 5) is 16.4. The Hall–Kier alpha value is -1.71. The monoisotopic (exact) mass is 181 g/mol. The van der Waals surface area contributed by atoms with Gasteiger partial charge in [0, 0.05) is 6.20 Å². The van der Waals surface area contributed by atoms with E-state index >= 15 is 0 Å². The van der Waals surface area contributed by atoms with Crippen molar-refractivity contribution in [2.24, 2.45) is 0 Å². The van der Waals surface area contributed by atoms with Gasteiger partial charge in [-0.2, -0.15) is 5.26 Å². The number of H-pyrrole nitrogens is 1. The minimum atomic E-state index is -1.54. The van der Waals surface area contributed by atoms with E-state index in [1.165, 1.54) is 6.07 Å². The smallest absolute Gasteiger partial charge is 0.266 e. The fourth-order valence-corrected chi connectivity index (χ4v) is 0.747. The van der Waals surface area contributed by atoms with Crippen molar-refractivity contribution in [3.63, 3.8) is 0 Å². The predicted octanol–water partition coefficient (Wildman–Crippen LogP) is -1.31. The van der Waals surface area contributed by atoms with Crippen LogP contribution in [0.2, 0.25) is 0 Å². The van der Waals surface area contributed by atoms with Crippen molar-refractivity contribution in [3.8, 4) is 6.07 Å². The number of hydrogen-bond donors (Lipinski definition) is 3. The zero-order valence-electron chi connectivity index (χ0n) is 6.51. The van der Waals surface area contributed by atoms with Crippen LogP contribution in [0.5, 0.6) is 0 Å². The molecule has 0 aliphatic heterocycles. The van der Waals surface area contributed by atoms with Crippen LogP contribution in [0.15, 0.2) is 17.2 Å². The first-order chi connectivity index (χ1) is 6.15. The van der Waals surface area contributed by atoms with Crippen molar-refractivity contribution in [2.75, 3.05) is 0 Å². The zero-order chi connectivity index (χ0) is 9.84. The molecule has 0 saturated carbocycles. The molecule has 0 spiro atoms. The highest BCUT2D eigenvalue weighted by atomic mass is 16.3. The minimum absolute atomic E-state index is 0.0497. The maximum Gasteiger partial charge on any atom is 0.266 e. The summed E-state index contributed by atoms with van der Waals surface area (Å²) in [6.07, 6.45) is -0.837. The molecule has 1 rings (SSSR count). The molecule has 0 fully saturated rings. The quantitative estimate of drug-likeness (QED) is 0.490. The lowest BCUT2D eigenvalue weighted by Crippen LogP contribution is -2.19. The summed E-state index contributed by atoms with van der Waals surface area (Å²) in [5, 5.41) is 26.4. The SMILES string of the molecule is N#CC(O)C(O)c1c[nH]c(=O)cn1. The summed E-state index contributed by atoms with van der Waals surface area (Å²) in [7, 11) is 0. The molecule has 0 saturated heterocycles. The minimum Gasteiger partial charge on any atom is -0.383 e. The van der Waals surface area contributed by atoms with Gasteiger partial charge in [-0.3, -0.25) is 9.78 Å². The fourth-order valence-electron chi connectivity index (χ4n) is 0.747. The molecule has 1 aromatic rings. The first kappa shape index (κ1) is 9.38. The highest BCUT2D eigenvalue weighted by molar-refractivity contribution is 5.05. The summed E-state index contributed by atoms with van der Waals surface area (Å²) in [6.45, 7) is 0. The third-order valence-electron chi connectivity index (χ3n) is 1.43. The van der Waals surface area contributed by atoms with Gasteiger partial charge in [-0.25, -0.2) is 0 Å². The van der Waals surface area contributed by atoms with Crippen molar-refractivity contribution >= 4 is 0 Å². The average molecular weight is 181 g/mol. The number of hydrogen-bond acceptors (Lipinski definition) is 5. The Morgan fingerprint density at radius 2 is 2.31 bits per heavy atom. The van der Waals surface area contributed by atoms with E-state index in [2.05, 4.69) is 9.97 Å². The van der Waals surface area contributed by atoms with E-state index < -0.39 is 17.8 Å². The molecule has 0 bridgehead atoms. The molecule has 6 nitrogen and oxygen atoms in total. The van der Waals surface area contributed by atoms with Crippen LogP contribution >= 0.6 is 0 Å². The second kappa shape index (κ2) is 3.80. The van der Waals surface area contributed by atoms with Gasteiger partial charge in [-0.15, -0.1) is 0 Å². The van der Waals surface area contributed by atoms with Crippen LogP contribution in [0.4, 0.5) is 0 Å². The highest BCUT2D eigenvalue weighted by Crippen LogP contribution is 2.10. The highest BCUT2D eigenvalue weighted by Gasteiger charge is 2.18. The second-order valence-corrected chi connectivity index (χ2v) is 2.35. The van der Waals surface area contributed by atoms with Gasteiger partial charge in [0.05, 0.1) is 18.0 Å². The van der Waals surface area contributed by atoms with E-state index in [4.69, 9.17) is 10.4 Å². The molecule has 3 N–H and O–H groups in total. The lowest BCUT2D eigenvalue weighted by Gasteiger charge is -2.09. The molecule has 13 heavy (non-hydrogen) atoms. The Bertz CT molecular complexity index is 361. The number of nitrogens with zero attached hydrogens (tertiary/aromatic N) is 2. The lowest BCUT2D eigenvalue weighted by molar-refractivity contribution is 0.0495. The second-order valence-electron chi connectivity index (χ2n) is 2.35. The van der Waals surface area contributed by atoms with Crippen LogP contribution in [0.1, 0.15) is 11.8 Å². The van der Waals surface area contributed by atoms with Gasteiger partial charge in [0.25, 0.3) is 5.56 Å². The Kier molecular flexibility index (Phi) is 2.74. The first-order valence-corrected chi connectivity index (χ1v) is 3.45. The summed E-state index contributed by atoms with van der Waals surface area (Å²) in [5.74, 6) is 0. The lowest BCUT2D eigenvalue weighted by atomic mass is 10.2. The summed E-state index contributed by atoms with van der Waals surface area (Å²) in [6, 6.07) is 1.45. The van der Waals surface area contributed by atoms with Crippen molar-refractivity contribution in [1.82, 2.24) is 9.97 Å². The van der Waals surface area contributed by atoms with Gasteiger partial charge in [0.1, 0.15) is 6.10 Å². The van der Waals surface area contributed by atoms with Crippen molar-refractivity contribution in [3.05, 3.63) is 28.4 Å². The predicted molar refractivity (Wildman–Crippen MR) is 41.4 cm³/mol. The van der Waals surface area contributed by atoms with Crippen LogP contribution in [-0.4, -0.2) is 26.3 Å². The summed E-state index contributed by atoms with van der Waals surface area (Å²) < 4.78 is 0. The van der Waals surface area contributed by atoms with Gasteiger partial charge >= 0.3 is 0 Å². The van der Waals surface area contributed by atoms with Crippen LogP contribution in [-0.2, 0) is 0 Å². The zero-order valence-corrected chi connectivity index (χ0v) is 6.51. The standard InChI is InChI=1S/C7H7N3O3/c8-1-5(11)7(13)4-2-10-6(12)3-9-4/h2-3,5,7,11,13H,(H,10,12). The van der Waals surface area contributed by atoms with Crippen molar-refractivity contribution in [1.29, 1.82) is 5.26 Å². The number of aliphatic hydroxyl groups is 2. The fraction of sp³-hybridized carbons (Fsp3) is 0.286. The van der Waals surface area contributed by atoms with Gasteiger partial charge in [-0.05, 0) is 0 Å². The molecule has 0 aliphatic rings. The Morgan fingerprint density at radius 1 is 1.62 bits per heavy atom. The van der Waals surface area contributed by atoms with Gasteiger partial charge < -0.3 is 15.2 Å². The van der Waals surface area contributed by atoms with E-state index in [1.807, 2.05) is 0 Å². The molecule has 68 valence electrons. The molecule has 2 unspecified atom stereocenters. The van der Waals surface area contributed by atoms with E-state index in [9.17, 15) is 9.90 Å². The number of aromatic nitrogens is 2. The van der Waals surface area contributed by atoms with Crippen LogP contribution in [0.3, 0.4) is 0 Å². The largest absolute Gasteiger partial charge is 0.383 e. The topological polar surface area (TPSA) is 110 Å². The third-order valence-corrected chi connectivity index (χ3v) is 1.43.